The van der Waals surface area contributed by atoms with Gasteiger partial charge in [0.05, 0.1) is 23.0 Å². The van der Waals surface area contributed by atoms with E-state index in [1.807, 2.05) is 30.3 Å². The molecule has 0 saturated heterocycles. The summed E-state index contributed by atoms with van der Waals surface area (Å²) in [6.07, 6.45) is 6.27. The zero-order valence-corrected chi connectivity index (χ0v) is 16.0. The van der Waals surface area contributed by atoms with Gasteiger partial charge >= 0.3 is 5.97 Å². The van der Waals surface area contributed by atoms with Crippen LogP contribution in [0.25, 0.3) is 5.69 Å². The molecule has 1 aromatic carbocycles. The highest BCUT2D eigenvalue weighted by atomic mass is 16.6. The van der Waals surface area contributed by atoms with Gasteiger partial charge in [-0.05, 0) is 37.8 Å². The first-order valence-corrected chi connectivity index (χ1v) is 9.79. The number of carbonyl (C=O) groups is 2. The molecule has 30 heavy (non-hydrogen) atoms. The smallest absolute Gasteiger partial charge is 0.339 e. The Bertz CT molecular complexity index is 1120. The van der Waals surface area contributed by atoms with Gasteiger partial charge in [0.25, 0.3) is 0 Å². The van der Waals surface area contributed by atoms with Crippen LogP contribution < -0.4 is 10.0 Å². The molecule has 3 heterocycles. The second-order valence-corrected chi connectivity index (χ2v) is 7.63. The number of para-hydroxylation sites is 1. The summed E-state index contributed by atoms with van der Waals surface area (Å²) in [4.78, 5) is 26.4. The van der Waals surface area contributed by atoms with Crippen LogP contribution in [0.15, 0.2) is 55.0 Å². The molecular formula is C21H19N5O4. The molecule has 2 aromatic heterocycles. The van der Waals surface area contributed by atoms with Crippen molar-refractivity contribution in [1.82, 2.24) is 15.0 Å². The van der Waals surface area contributed by atoms with Crippen LogP contribution in [0.1, 0.15) is 41.6 Å². The number of hydrogen-bond donors (Lipinski definition) is 1. The molecule has 0 unspecified atom stereocenters. The summed E-state index contributed by atoms with van der Waals surface area (Å²) in [5, 5.41) is 23.0. The number of esters is 1. The summed E-state index contributed by atoms with van der Waals surface area (Å²) in [5.41, 5.74) is 1.04. The largest absolute Gasteiger partial charge is 0.619 e. The Morgan fingerprint density at radius 2 is 2.00 bits per heavy atom. The van der Waals surface area contributed by atoms with Crippen LogP contribution in [0, 0.1) is 11.1 Å². The number of aromatic nitrogens is 4. The predicted octanol–water partition coefficient (Wildman–Crippen LogP) is 2.10. The number of hydrogen-bond acceptors (Lipinski definition) is 6. The van der Waals surface area contributed by atoms with Gasteiger partial charge in [-0.25, -0.2) is 4.79 Å². The number of rotatable bonds is 3. The molecule has 9 nitrogen and oxygen atoms in total. The van der Waals surface area contributed by atoms with Crippen LogP contribution in [-0.4, -0.2) is 26.9 Å². The second-order valence-electron chi connectivity index (χ2n) is 7.63. The normalized spacial score (nSPS) is 22.5. The number of anilines is 1. The average Bonchev–Trinajstić information content (AvgIpc) is 3.32. The van der Waals surface area contributed by atoms with Crippen molar-refractivity contribution in [2.24, 2.45) is 5.92 Å². The summed E-state index contributed by atoms with van der Waals surface area (Å²) in [6, 6.07) is 10.9. The van der Waals surface area contributed by atoms with E-state index < -0.39 is 11.6 Å². The van der Waals surface area contributed by atoms with Crippen molar-refractivity contribution < 1.29 is 19.1 Å². The summed E-state index contributed by atoms with van der Waals surface area (Å²) >= 11 is 0. The molecule has 3 aromatic rings. The van der Waals surface area contributed by atoms with Gasteiger partial charge in [0, 0.05) is 12.0 Å². The minimum atomic E-state index is -0.812. The Morgan fingerprint density at radius 3 is 2.77 bits per heavy atom. The first-order chi connectivity index (χ1) is 14.5. The third-order valence-electron chi connectivity index (χ3n) is 5.83. The fraction of sp³-hybridized carbons (Fsp3) is 0.286. The topological polar surface area (TPSA) is 113 Å². The van der Waals surface area contributed by atoms with E-state index in [4.69, 9.17) is 4.74 Å². The Balaban J connectivity index is 1.26. The van der Waals surface area contributed by atoms with Crippen molar-refractivity contribution in [2.75, 3.05) is 5.32 Å². The van der Waals surface area contributed by atoms with Crippen LogP contribution in [0.5, 0.6) is 0 Å². The highest BCUT2D eigenvalue weighted by molar-refractivity contribution is 5.95. The van der Waals surface area contributed by atoms with Crippen molar-refractivity contribution in [3.8, 4) is 5.69 Å². The van der Waals surface area contributed by atoms with E-state index in [-0.39, 0.29) is 11.8 Å². The standard InChI is InChI=1S/C21H19N5O4/c27-19(23-18-12-22-26(24-18)15-4-2-1-3-5-15)14-6-9-21(10-7-14)17-13-25(29)11-8-16(17)20(28)30-21/h1-5,8,11-14H,6-7,9-10H2,(H,23,24,27). The lowest BCUT2D eigenvalue weighted by atomic mass is 9.75. The molecule has 9 heteroatoms. The van der Waals surface area contributed by atoms with Crippen molar-refractivity contribution in [3.63, 3.8) is 0 Å². The number of nitrogens with one attached hydrogen (secondary N) is 1. The first kappa shape index (κ1) is 18.3. The molecular weight excluding hydrogens is 386 g/mol. The zero-order valence-electron chi connectivity index (χ0n) is 16.0. The van der Waals surface area contributed by atoms with Crippen molar-refractivity contribution >= 4 is 17.7 Å². The van der Waals surface area contributed by atoms with Gasteiger partial charge in [0.2, 0.25) is 5.91 Å². The van der Waals surface area contributed by atoms with Gasteiger partial charge in [-0.3, -0.25) is 4.79 Å². The molecule has 1 saturated carbocycles. The SMILES string of the molecule is O=C1OC2(CCC(C(=O)Nc3cnn(-c4ccccc4)n3)CC2)c2c[n+]([O-])ccc21. The van der Waals surface area contributed by atoms with E-state index >= 15 is 0 Å². The lowest BCUT2D eigenvalue weighted by molar-refractivity contribution is -0.606. The van der Waals surface area contributed by atoms with E-state index in [0.717, 1.165) is 5.69 Å². The summed E-state index contributed by atoms with van der Waals surface area (Å²) in [7, 11) is 0. The van der Waals surface area contributed by atoms with Crippen LogP contribution in [0.3, 0.4) is 0 Å². The minimum Gasteiger partial charge on any atom is -0.619 e. The highest BCUT2D eigenvalue weighted by Crippen LogP contribution is 2.47. The Hall–Kier alpha value is -3.75. The Labute approximate surface area is 171 Å². The lowest BCUT2D eigenvalue weighted by Gasteiger charge is -2.35. The molecule has 152 valence electrons. The maximum Gasteiger partial charge on any atom is 0.339 e. The number of pyridine rings is 1. The number of nitrogens with zero attached hydrogens (tertiary/aromatic N) is 4. The minimum absolute atomic E-state index is 0.138. The second kappa shape index (κ2) is 6.94. The lowest BCUT2D eigenvalue weighted by Crippen LogP contribution is -2.37. The van der Waals surface area contributed by atoms with Crippen LogP contribution >= 0.6 is 0 Å². The fourth-order valence-corrected chi connectivity index (χ4v) is 4.26. The maximum atomic E-state index is 12.7. The van der Waals surface area contributed by atoms with Crippen LogP contribution in [0.4, 0.5) is 5.82 Å². The van der Waals surface area contributed by atoms with Crippen LogP contribution in [0.2, 0.25) is 0 Å². The first-order valence-electron chi connectivity index (χ1n) is 9.79. The highest BCUT2D eigenvalue weighted by Gasteiger charge is 2.50. The third-order valence-corrected chi connectivity index (χ3v) is 5.83. The Morgan fingerprint density at radius 1 is 1.23 bits per heavy atom. The maximum absolute atomic E-state index is 12.7. The molecule has 0 bridgehead atoms. The predicted molar refractivity (Wildman–Crippen MR) is 104 cm³/mol. The number of ether oxygens (including phenoxy) is 1. The Kier molecular flexibility index (Phi) is 4.23. The van der Waals surface area contributed by atoms with Crippen molar-refractivity contribution in [2.45, 2.75) is 31.3 Å². The van der Waals surface area contributed by atoms with Crippen LogP contribution in [-0.2, 0) is 15.1 Å². The van der Waals surface area contributed by atoms with Gasteiger partial charge in [-0.15, -0.1) is 9.90 Å². The molecule has 1 amide bonds. The quantitative estimate of drug-likeness (QED) is 0.406. The number of benzene rings is 1. The van der Waals surface area contributed by atoms with Gasteiger partial charge in [-0.1, -0.05) is 18.2 Å². The number of fused-ring (bicyclic) bond motifs is 2. The number of amides is 1. The molecule has 1 N–H and O–H groups in total. The monoisotopic (exact) mass is 405 g/mol. The molecule has 5 rings (SSSR count). The molecule has 1 spiro atoms. The molecule has 1 fully saturated rings. The van der Waals surface area contributed by atoms with Gasteiger partial charge in [0.15, 0.2) is 18.2 Å². The van der Waals surface area contributed by atoms with E-state index in [2.05, 4.69) is 15.5 Å². The average molecular weight is 405 g/mol. The van der Waals surface area contributed by atoms with Crippen molar-refractivity contribution in [3.05, 3.63) is 71.3 Å². The number of carbonyl (C=O) groups excluding carboxylic acids is 2. The summed E-state index contributed by atoms with van der Waals surface area (Å²) < 4.78 is 6.34. The molecule has 0 atom stereocenters. The van der Waals surface area contributed by atoms with Crippen molar-refractivity contribution in [1.29, 1.82) is 0 Å². The third kappa shape index (κ3) is 3.08. The van der Waals surface area contributed by atoms with E-state index in [1.165, 1.54) is 29.5 Å². The van der Waals surface area contributed by atoms with E-state index in [1.54, 1.807) is 0 Å². The molecule has 1 aliphatic heterocycles. The summed E-state index contributed by atoms with van der Waals surface area (Å²) in [5.74, 6) is -0.398. The van der Waals surface area contributed by atoms with Gasteiger partial charge in [-0.2, -0.15) is 9.83 Å². The van der Waals surface area contributed by atoms with Gasteiger partial charge in [0.1, 0.15) is 5.60 Å². The van der Waals surface area contributed by atoms with Gasteiger partial charge < -0.3 is 15.3 Å². The van der Waals surface area contributed by atoms with E-state index in [0.29, 0.717) is 47.4 Å². The molecule has 2 aliphatic rings. The zero-order chi connectivity index (χ0) is 20.7. The fourth-order valence-electron chi connectivity index (χ4n) is 4.26. The summed E-state index contributed by atoms with van der Waals surface area (Å²) in [6.45, 7) is 0. The van der Waals surface area contributed by atoms with E-state index in [9.17, 15) is 14.8 Å². The molecule has 1 aliphatic carbocycles. The molecule has 0 radical (unpaired) electrons.